The highest BCUT2D eigenvalue weighted by atomic mass is 79.9. The number of methoxy groups -OCH3 is 1. The van der Waals surface area contributed by atoms with Crippen molar-refractivity contribution in [2.24, 2.45) is 0 Å². The summed E-state index contributed by atoms with van der Waals surface area (Å²) in [5.41, 5.74) is 3.74. The Morgan fingerprint density at radius 2 is 2.10 bits per heavy atom. The van der Waals surface area contributed by atoms with Crippen LogP contribution in [0.25, 0.3) is 0 Å². The molecule has 0 aliphatic carbocycles. The van der Waals surface area contributed by atoms with Crippen molar-refractivity contribution >= 4 is 33.2 Å². The zero-order chi connectivity index (χ0) is 14.8. The zero-order valence-corrected chi connectivity index (χ0v) is 13.1. The topological polar surface area (TPSA) is 50.4 Å². The summed E-state index contributed by atoms with van der Waals surface area (Å²) in [6.07, 6.45) is 0. The zero-order valence-electron chi connectivity index (χ0n) is 11.5. The van der Waals surface area contributed by atoms with Crippen LogP contribution in [0.15, 0.2) is 46.9 Å². The average molecular weight is 347 g/mol. The highest BCUT2D eigenvalue weighted by Crippen LogP contribution is 2.35. The largest absolute Gasteiger partial charge is 0.380 e. The van der Waals surface area contributed by atoms with Gasteiger partial charge in [0.15, 0.2) is 0 Å². The number of carbonyl (C=O) groups is 1. The quantitative estimate of drug-likeness (QED) is 0.887. The first-order chi connectivity index (χ1) is 10.2. The minimum atomic E-state index is -0.383. The highest BCUT2D eigenvalue weighted by Gasteiger charge is 2.30. The first kappa shape index (κ1) is 14.1. The van der Waals surface area contributed by atoms with Crippen molar-refractivity contribution in [3.8, 4) is 0 Å². The van der Waals surface area contributed by atoms with Gasteiger partial charge in [0, 0.05) is 34.1 Å². The summed E-state index contributed by atoms with van der Waals surface area (Å²) in [5.74, 6) is -0.0460. The number of fused-ring (bicyclic) bond motifs is 1. The second-order valence-corrected chi connectivity index (χ2v) is 5.80. The van der Waals surface area contributed by atoms with E-state index >= 15 is 0 Å². The smallest absolute Gasteiger partial charge is 0.251 e. The van der Waals surface area contributed by atoms with Gasteiger partial charge in [0.25, 0.3) is 5.91 Å². The fraction of sp³-hybridized carbons (Fsp3) is 0.188. The van der Waals surface area contributed by atoms with Crippen LogP contribution in [0.1, 0.15) is 17.2 Å². The van der Waals surface area contributed by atoms with Crippen LogP contribution >= 0.6 is 15.9 Å². The van der Waals surface area contributed by atoms with E-state index in [1.165, 1.54) is 0 Å². The second-order valence-electron chi connectivity index (χ2n) is 4.89. The number of para-hydroxylation sites is 1. The Labute approximate surface area is 131 Å². The van der Waals surface area contributed by atoms with E-state index in [-0.39, 0.29) is 11.9 Å². The molecule has 0 spiro atoms. The molecule has 5 heteroatoms. The maximum absolute atomic E-state index is 12.2. The molecule has 1 heterocycles. The summed E-state index contributed by atoms with van der Waals surface area (Å²) in [6.45, 7) is 0.505. The van der Waals surface area contributed by atoms with E-state index in [0.717, 1.165) is 27.0 Å². The molecule has 0 aromatic heterocycles. The second kappa shape index (κ2) is 5.87. The molecule has 0 radical (unpaired) electrons. The fourth-order valence-corrected chi connectivity index (χ4v) is 2.84. The van der Waals surface area contributed by atoms with Gasteiger partial charge in [-0.05, 0) is 18.2 Å². The predicted octanol–water partition coefficient (Wildman–Crippen LogP) is 3.70. The Kier molecular flexibility index (Phi) is 3.94. The van der Waals surface area contributed by atoms with Crippen LogP contribution < -0.4 is 10.6 Å². The van der Waals surface area contributed by atoms with Gasteiger partial charge in [0.05, 0.1) is 6.61 Å². The number of benzene rings is 2. The number of rotatable bonds is 4. The maximum Gasteiger partial charge on any atom is 0.251 e. The van der Waals surface area contributed by atoms with Gasteiger partial charge in [0.2, 0.25) is 0 Å². The SMILES string of the molecule is COCc1ccccc1NC1C(=O)Nc2cc(Br)ccc21. The molecule has 1 unspecified atom stereocenters. The van der Waals surface area contributed by atoms with Gasteiger partial charge in [-0.25, -0.2) is 0 Å². The van der Waals surface area contributed by atoms with E-state index in [9.17, 15) is 4.79 Å². The Balaban J connectivity index is 1.91. The molecule has 2 aromatic rings. The third-order valence-electron chi connectivity index (χ3n) is 3.46. The van der Waals surface area contributed by atoms with Crippen LogP contribution in [0.5, 0.6) is 0 Å². The van der Waals surface area contributed by atoms with Gasteiger partial charge >= 0.3 is 0 Å². The summed E-state index contributed by atoms with van der Waals surface area (Å²) >= 11 is 3.42. The van der Waals surface area contributed by atoms with Crippen LogP contribution in [0.2, 0.25) is 0 Å². The van der Waals surface area contributed by atoms with E-state index in [2.05, 4.69) is 26.6 Å². The Morgan fingerprint density at radius 3 is 2.90 bits per heavy atom. The van der Waals surface area contributed by atoms with Gasteiger partial charge < -0.3 is 15.4 Å². The summed E-state index contributed by atoms with van der Waals surface area (Å²) < 4.78 is 6.14. The van der Waals surface area contributed by atoms with Crippen LogP contribution in [-0.4, -0.2) is 13.0 Å². The Morgan fingerprint density at radius 1 is 1.29 bits per heavy atom. The van der Waals surface area contributed by atoms with Gasteiger partial charge in [-0.15, -0.1) is 0 Å². The number of carbonyl (C=O) groups excluding carboxylic acids is 1. The molecule has 0 saturated heterocycles. The van der Waals surface area contributed by atoms with Crippen LogP contribution in [-0.2, 0) is 16.1 Å². The van der Waals surface area contributed by atoms with E-state index in [1.807, 2.05) is 42.5 Å². The molecule has 2 N–H and O–H groups in total. The van der Waals surface area contributed by atoms with Crippen LogP contribution in [0, 0.1) is 0 Å². The number of anilines is 2. The molecule has 1 aliphatic heterocycles. The molecule has 4 nitrogen and oxygen atoms in total. The third-order valence-corrected chi connectivity index (χ3v) is 3.96. The summed E-state index contributed by atoms with van der Waals surface area (Å²) in [4.78, 5) is 12.2. The van der Waals surface area contributed by atoms with Crippen molar-refractivity contribution in [2.75, 3.05) is 17.7 Å². The van der Waals surface area contributed by atoms with E-state index in [1.54, 1.807) is 7.11 Å². The molecule has 21 heavy (non-hydrogen) atoms. The first-order valence-corrected chi connectivity index (χ1v) is 7.42. The molecule has 1 atom stereocenters. The van der Waals surface area contributed by atoms with E-state index in [4.69, 9.17) is 4.74 Å². The number of nitrogens with one attached hydrogen (secondary N) is 2. The van der Waals surface area contributed by atoms with Gasteiger partial charge in [-0.2, -0.15) is 0 Å². The standard InChI is InChI=1S/C16H15BrN2O2/c1-21-9-10-4-2-3-5-13(10)18-15-12-7-6-11(17)8-14(12)19-16(15)20/h2-8,15,18H,9H2,1H3,(H,19,20). The van der Waals surface area contributed by atoms with E-state index < -0.39 is 0 Å². The lowest BCUT2D eigenvalue weighted by atomic mass is 10.1. The third kappa shape index (κ3) is 2.80. The lowest BCUT2D eigenvalue weighted by molar-refractivity contribution is -0.116. The number of hydrogen-bond donors (Lipinski definition) is 2. The summed E-state index contributed by atoms with van der Waals surface area (Å²) in [5, 5.41) is 6.21. The van der Waals surface area contributed by atoms with Crippen molar-refractivity contribution in [1.82, 2.24) is 0 Å². The number of halogens is 1. The minimum Gasteiger partial charge on any atom is -0.380 e. The number of ether oxygens (including phenoxy) is 1. The minimum absolute atomic E-state index is 0.0460. The van der Waals surface area contributed by atoms with E-state index in [0.29, 0.717) is 6.61 Å². The average Bonchev–Trinajstić information content (AvgIpc) is 2.76. The molecule has 0 bridgehead atoms. The number of amides is 1. The van der Waals surface area contributed by atoms with Gasteiger partial charge in [-0.1, -0.05) is 40.2 Å². The molecule has 1 amide bonds. The van der Waals surface area contributed by atoms with Crippen LogP contribution in [0.3, 0.4) is 0 Å². The first-order valence-electron chi connectivity index (χ1n) is 6.62. The predicted molar refractivity (Wildman–Crippen MR) is 86.3 cm³/mol. The molecule has 108 valence electrons. The fourth-order valence-electron chi connectivity index (χ4n) is 2.48. The molecular formula is C16H15BrN2O2. The Bertz CT molecular complexity index is 688. The summed E-state index contributed by atoms with van der Waals surface area (Å²) in [6, 6.07) is 13.3. The normalized spacial score (nSPS) is 16.5. The molecule has 0 saturated carbocycles. The van der Waals surface area contributed by atoms with Crippen molar-refractivity contribution in [3.05, 3.63) is 58.1 Å². The molecule has 3 rings (SSSR count). The number of hydrogen-bond acceptors (Lipinski definition) is 3. The maximum atomic E-state index is 12.2. The van der Waals surface area contributed by atoms with Crippen molar-refractivity contribution in [3.63, 3.8) is 0 Å². The lowest BCUT2D eigenvalue weighted by Gasteiger charge is -2.16. The highest BCUT2D eigenvalue weighted by molar-refractivity contribution is 9.10. The van der Waals surface area contributed by atoms with Crippen molar-refractivity contribution < 1.29 is 9.53 Å². The van der Waals surface area contributed by atoms with Gasteiger partial charge in [0.1, 0.15) is 6.04 Å². The van der Waals surface area contributed by atoms with Crippen LogP contribution in [0.4, 0.5) is 11.4 Å². The van der Waals surface area contributed by atoms with Crippen molar-refractivity contribution in [2.45, 2.75) is 12.6 Å². The molecule has 1 aliphatic rings. The summed E-state index contributed by atoms with van der Waals surface area (Å²) in [7, 11) is 1.66. The molecule has 2 aromatic carbocycles. The monoisotopic (exact) mass is 346 g/mol. The van der Waals surface area contributed by atoms with Gasteiger partial charge in [-0.3, -0.25) is 4.79 Å². The molecule has 0 fully saturated rings. The lowest BCUT2D eigenvalue weighted by Crippen LogP contribution is -2.20. The van der Waals surface area contributed by atoms with Crippen molar-refractivity contribution in [1.29, 1.82) is 0 Å². The Hall–Kier alpha value is -1.85. The molecular weight excluding hydrogens is 332 g/mol.